The van der Waals surface area contributed by atoms with Gasteiger partial charge < -0.3 is 20.4 Å². The maximum absolute atomic E-state index is 10.4. The summed E-state index contributed by atoms with van der Waals surface area (Å²) in [6.45, 7) is 2.05. The Hall–Kier alpha value is -2.21. The number of aliphatic hydroxyl groups is 3. The van der Waals surface area contributed by atoms with E-state index in [9.17, 15) is 20.1 Å². The van der Waals surface area contributed by atoms with E-state index in [-0.39, 0.29) is 12.8 Å². The molecule has 0 saturated heterocycles. The van der Waals surface area contributed by atoms with Gasteiger partial charge in [-0.05, 0) is 25.7 Å². The van der Waals surface area contributed by atoms with Gasteiger partial charge >= 0.3 is 5.97 Å². The molecular formula is C22H32O5. The quantitative estimate of drug-likeness (QED) is 0.275. The Kier molecular flexibility index (Phi) is 15.8. The van der Waals surface area contributed by atoms with Gasteiger partial charge in [-0.15, -0.1) is 0 Å². The molecule has 0 fully saturated rings. The van der Waals surface area contributed by atoms with Gasteiger partial charge in [0, 0.05) is 6.42 Å². The van der Waals surface area contributed by atoms with Crippen LogP contribution in [0.3, 0.4) is 0 Å². The van der Waals surface area contributed by atoms with E-state index >= 15 is 0 Å². The Morgan fingerprint density at radius 3 is 2.15 bits per heavy atom. The molecule has 5 nitrogen and oxygen atoms in total. The maximum atomic E-state index is 10.4. The number of hydrogen-bond donors (Lipinski definition) is 4. The van der Waals surface area contributed by atoms with Gasteiger partial charge in [0.25, 0.3) is 0 Å². The number of carboxylic acids is 1. The predicted molar refractivity (Wildman–Crippen MR) is 109 cm³/mol. The third kappa shape index (κ3) is 17.0. The smallest absolute Gasteiger partial charge is 0.303 e. The predicted octanol–water partition coefficient (Wildman–Crippen LogP) is 3.46. The standard InChI is InChI=1S/C22H32O5/c1-2-3-11-14-19(23)15-12-9-7-5-4-6-8-10-13-16-20(24)21(25)17-18-22(26)27/h3-4,6-13,15-16,19-21,23-25H,2,5,14,17-18H2,1H3,(H,26,27)/t19-,20?,21-/m0/s1. The highest BCUT2D eigenvalue weighted by Gasteiger charge is 2.13. The summed E-state index contributed by atoms with van der Waals surface area (Å²) in [5, 5.41) is 37.4. The Labute approximate surface area is 162 Å². The number of rotatable bonds is 14. The molecular weight excluding hydrogens is 344 g/mol. The van der Waals surface area contributed by atoms with Crippen molar-refractivity contribution in [2.45, 2.75) is 57.3 Å². The van der Waals surface area contributed by atoms with Gasteiger partial charge in [-0.2, -0.15) is 0 Å². The zero-order valence-corrected chi connectivity index (χ0v) is 15.9. The molecule has 0 aliphatic carbocycles. The zero-order chi connectivity index (χ0) is 20.3. The van der Waals surface area contributed by atoms with E-state index in [1.54, 1.807) is 24.3 Å². The highest BCUT2D eigenvalue weighted by molar-refractivity contribution is 5.66. The van der Waals surface area contributed by atoms with Gasteiger partial charge in [-0.3, -0.25) is 4.79 Å². The van der Waals surface area contributed by atoms with E-state index in [1.807, 2.05) is 42.5 Å². The first-order valence-electron chi connectivity index (χ1n) is 9.21. The number of carbonyl (C=O) groups is 1. The monoisotopic (exact) mass is 376 g/mol. The van der Waals surface area contributed by atoms with Crippen molar-refractivity contribution in [3.05, 3.63) is 72.9 Å². The van der Waals surface area contributed by atoms with E-state index in [4.69, 9.17) is 5.11 Å². The molecule has 0 spiro atoms. The molecule has 0 aliphatic heterocycles. The average Bonchev–Trinajstić information content (AvgIpc) is 2.64. The molecule has 4 N–H and O–H groups in total. The van der Waals surface area contributed by atoms with Gasteiger partial charge in [0.15, 0.2) is 0 Å². The highest BCUT2D eigenvalue weighted by atomic mass is 16.4. The first-order chi connectivity index (χ1) is 13.0. The second-order valence-electron chi connectivity index (χ2n) is 5.92. The van der Waals surface area contributed by atoms with Crippen LogP contribution in [0.4, 0.5) is 0 Å². The second kappa shape index (κ2) is 17.2. The minimum atomic E-state index is -1.08. The molecule has 0 rings (SSSR count). The molecule has 0 aromatic rings. The van der Waals surface area contributed by atoms with Gasteiger partial charge in [-0.1, -0.05) is 79.8 Å². The van der Waals surface area contributed by atoms with E-state index in [2.05, 4.69) is 6.92 Å². The molecule has 150 valence electrons. The number of aliphatic hydroxyl groups excluding tert-OH is 3. The molecule has 27 heavy (non-hydrogen) atoms. The van der Waals surface area contributed by atoms with Crippen LogP contribution in [0.2, 0.25) is 0 Å². The molecule has 0 bridgehead atoms. The van der Waals surface area contributed by atoms with Crippen LogP contribution >= 0.6 is 0 Å². The summed E-state index contributed by atoms with van der Waals surface area (Å²) in [7, 11) is 0. The third-order valence-corrected chi connectivity index (χ3v) is 3.46. The number of hydrogen-bond acceptors (Lipinski definition) is 4. The van der Waals surface area contributed by atoms with Gasteiger partial charge in [0.1, 0.15) is 0 Å². The molecule has 0 heterocycles. The van der Waals surface area contributed by atoms with Crippen LogP contribution in [0.5, 0.6) is 0 Å². The van der Waals surface area contributed by atoms with Crippen LogP contribution in [0, 0.1) is 0 Å². The fraction of sp³-hybridized carbons (Fsp3) is 0.409. The molecule has 0 saturated carbocycles. The summed E-state index contributed by atoms with van der Waals surface area (Å²) in [5.41, 5.74) is 0. The average molecular weight is 376 g/mol. The summed E-state index contributed by atoms with van der Waals surface area (Å²) < 4.78 is 0. The first kappa shape index (κ1) is 24.8. The minimum absolute atomic E-state index is 0.0116. The number of carboxylic acid groups (broad SMARTS) is 1. The van der Waals surface area contributed by atoms with Crippen LogP contribution in [0.25, 0.3) is 0 Å². The first-order valence-corrected chi connectivity index (χ1v) is 9.21. The van der Waals surface area contributed by atoms with E-state index in [0.717, 1.165) is 12.8 Å². The van der Waals surface area contributed by atoms with Crippen LogP contribution in [-0.2, 0) is 4.79 Å². The molecule has 0 aromatic carbocycles. The lowest BCUT2D eigenvalue weighted by atomic mass is 10.1. The molecule has 0 amide bonds. The third-order valence-electron chi connectivity index (χ3n) is 3.46. The van der Waals surface area contributed by atoms with Crippen molar-refractivity contribution in [3.63, 3.8) is 0 Å². The van der Waals surface area contributed by atoms with Crippen molar-refractivity contribution in [3.8, 4) is 0 Å². The van der Waals surface area contributed by atoms with Gasteiger partial charge in [0.05, 0.1) is 18.3 Å². The van der Waals surface area contributed by atoms with Crippen molar-refractivity contribution >= 4 is 5.97 Å². The summed E-state index contributed by atoms with van der Waals surface area (Å²) in [6, 6.07) is 0. The number of allylic oxidation sites excluding steroid dienone is 9. The Morgan fingerprint density at radius 1 is 0.852 bits per heavy atom. The Balaban J connectivity index is 3.98. The molecule has 0 aromatic heterocycles. The fourth-order valence-electron chi connectivity index (χ4n) is 1.94. The highest BCUT2D eigenvalue weighted by Crippen LogP contribution is 2.04. The van der Waals surface area contributed by atoms with Gasteiger partial charge in [0.2, 0.25) is 0 Å². The van der Waals surface area contributed by atoms with E-state index in [0.29, 0.717) is 6.42 Å². The Morgan fingerprint density at radius 2 is 1.48 bits per heavy atom. The van der Waals surface area contributed by atoms with Crippen molar-refractivity contribution in [1.82, 2.24) is 0 Å². The summed E-state index contributed by atoms with van der Waals surface area (Å²) >= 11 is 0. The van der Waals surface area contributed by atoms with Crippen molar-refractivity contribution in [1.29, 1.82) is 0 Å². The molecule has 5 heteroatoms. The minimum Gasteiger partial charge on any atom is -0.481 e. The lowest BCUT2D eigenvalue weighted by Crippen LogP contribution is -2.24. The van der Waals surface area contributed by atoms with E-state index in [1.165, 1.54) is 6.08 Å². The van der Waals surface area contributed by atoms with Gasteiger partial charge in [-0.25, -0.2) is 0 Å². The van der Waals surface area contributed by atoms with Crippen LogP contribution in [-0.4, -0.2) is 44.7 Å². The summed E-state index contributed by atoms with van der Waals surface area (Å²) in [4.78, 5) is 10.4. The Bertz CT molecular complexity index is 555. The normalized spacial score (nSPS) is 16.6. The molecule has 1 unspecified atom stereocenters. The van der Waals surface area contributed by atoms with E-state index < -0.39 is 24.3 Å². The topological polar surface area (TPSA) is 98.0 Å². The second-order valence-corrected chi connectivity index (χ2v) is 5.92. The SMILES string of the molecule is CCC=CC[C@H](O)C=CC=CCC=CC=CC=CC(O)[C@@H](O)CCC(=O)O. The molecule has 0 radical (unpaired) electrons. The van der Waals surface area contributed by atoms with Crippen molar-refractivity contribution in [2.75, 3.05) is 0 Å². The molecule has 0 aliphatic rings. The zero-order valence-electron chi connectivity index (χ0n) is 15.9. The lowest BCUT2D eigenvalue weighted by Gasteiger charge is -2.12. The van der Waals surface area contributed by atoms with Crippen LogP contribution < -0.4 is 0 Å². The number of aliphatic carboxylic acids is 1. The molecule has 3 atom stereocenters. The fourth-order valence-corrected chi connectivity index (χ4v) is 1.94. The summed E-state index contributed by atoms with van der Waals surface area (Å²) in [6.07, 6.45) is 21.3. The maximum Gasteiger partial charge on any atom is 0.303 e. The summed E-state index contributed by atoms with van der Waals surface area (Å²) in [5.74, 6) is -1.000. The van der Waals surface area contributed by atoms with Crippen LogP contribution in [0.15, 0.2) is 72.9 Å². The largest absolute Gasteiger partial charge is 0.481 e. The van der Waals surface area contributed by atoms with Crippen LogP contribution in [0.1, 0.15) is 39.0 Å². The lowest BCUT2D eigenvalue weighted by molar-refractivity contribution is -0.137. The van der Waals surface area contributed by atoms with Crippen molar-refractivity contribution < 1.29 is 25.2 Å². The van der Waals surface area contributed by atoms with Crippen molar-refractivity contribution in [2.24, 2.45) is 0 Å².